The third kappa shape index (κ3) is 5.65. The number of rotatable bonds is 5. The highest BCUT2D eigenvalue weighted by molar-refractivity contribution is 5.85. The summed E-state index contributed by atoms with van der Waals surface area (Å²) in [5.41, 5.74) is 2.22. The summed E-state index contributed by atoms with van der Waals surface area (Å²) in [6.45, 7) is 3.45. The van der Waals surface area contributed by atoms with Crippen molar-refractivity contribution in [2.24, 2.45) is 0 Å². The quantitative estimate of drug-likeness (QED) is 0.811. The van der Waals surface area contributed by atoms with Crippen LogP contribution in [0.1, 0.15) is 17.7 Å². The van der Waals surface area contributed by atoms with Gasteiger partial charge >= 0.3 is 0 Å². The summed E-state index contributed by atoms with van der Waals surface area (Å²) in [6.07, 6.45) is 2.32. The van der Waals surface area contributed by atoms with Gasteiger partial charge in [0.1, 0.15) is 0 Å². The van der Waals surface area contributed by atoms with Crippen LogP contribution in [0.3, 0.4) is 0 Å². The molecule has 5 heteroatoms. The maximum absolute atomic E-state index is 11.3. The van der Waals surface area contributed by atoms with Crippen molar-refractivity contribution >= 4 is 18.3 Å². The summed E-state index contributed by atoms with van der Waals surface area (Å²) < 4.78 is 0. The molecular formula is C12H20ClN3O. The van der Waals surface area contributed by atoms with Gasteiger partial charge in [-0.2, -0.15) is 0 Å². The molecule has 0 saturated heterocycles. The molecule has 96 valence electrons. The van der Waals surface area contributed by atoms with Crippen molar-refractivity contribution in [3.63, 3.8) is 0 Å². The molecule has 1 heterocycles. The second kappa shape index (κ2) is 8.03. The van der Waals surface area contributed by atoms with E-state index in [4.69, 9.17) is 0 Å². The van der Waals surface area contributed by atoms with Crippen LogP contribution in [-0.2, 0) is 11.3 Å². The second-order valence-corrected chi connectivity index (χ2v) is 3.96. The van der Waals surface area contributed by atoms with E-state index in [1.165, 1.54) is 5.56 Å². The lowest BCUT2D eigenvalue weighted by atomic mass is 10.2. The molecule has 0 spiro atoms. The Balaban J connectivity index is 0.00000256. The van der Waals surface area contributed by atoms with Crippen molar-refractivity contribution in [2.45, 2.75) is 19.9 Å². The zero-order valence-electron chi connectivity index (χ0n) is 10.6. The molecule has 17 heavy (non-hydrogen) atoms. The molecular weight excluding hydrogens is 238 g/mol. The van der Waals surface area contributed by atoms with Crippen LogP contribution in [0, 0.1) is 6.92 Å². The highest BCUT2D eigenvalue weighted by Gasteiger charge is 2.03. The number of pyridine rings is 1. The van der Waals surface area contributed by atoms with E-state index in [0.717, 1.165) is 12.2 Å². The Hall–Kier alpha value is -1.13. The van der Waals surface area contributed by atoms with E-state index < -0.39 is 0 Å². The highest BCUT2D eigenvalue weighted by Crippen LogP contribution is 2.02. The smallest absolute Gasteiger partial charge is 0.223 e. The molecule has 0 atom stereocenters. The van der Waals surface area contributed by atoms with Gasteiger partial charge in [0.2, 0.25) is 5.91 Å². The molecule has 0 unspecified atom stereocenters. The van der Waals surface area contributed by atoms with Crippen LogP contribution in [-0.4, -0.2) is 36.4 Å². The molecule has 0 aliphatic rings. The molecule has 1 rings (SSSR count). The third-order valence-corrected chi connectivity index (χ3v) is 2.45. The SMILES string of the molecule is Cc1ncccc1CNCCC(=O)N(C)C.Cl. The van der Waals surface area contributed by atoms with Crippen LogP contribution in [0.4, 0.5) is 0 Å². The molecule has 1 aromatic rings. The van der Waals surface area contributed by atoms with Gasteiger partial charge in [-0.3, -0.25) is 9.78 Å². The first-order chi connectivity index (χ1) is 7.61. The van der Waals surface area contributed by atoms with Crippen molar-refractivity contribution in [3.8, 4) is 0 Å². The van der Waals surface area contributed by atoms with E-state index in [1.54, 1.807) is 25.2 Å². The average Bonchev–Trinajstić information content (AvgIpc) is 2.26. The van der Waals surface area contributed by atoms with E-state index in [-0.39, 0.29) is 18.3 Å². The summed E-state index contributed by atoms with van der Waals surface area (Å²) in [7, 11) is 3.54. The van der Waals surface area contributed by atoms with Crippen LogP contribution in [0.15, 0.2) is 18.3 Å². The van der Waals surface area contributed by atoms with Crippen LogP contribution in [0.5, 0.6) is 0 Å². The lowest BCUT2D eigenvalue weighted by molar-refractivity contribution is -0.128. The molecule has 0 saturated carbocycles. The van der Waals surface area contributed by atoms with Crippen molar-refractivity contribution < 1.29 is 4.79 Å². The summed E-state index contributed by atoms with van der Waals surface area (Å²) in [6, 6.07) is 3.97. The number of hydrogen-bond donors (Lipinski definition) is 1. The molecule has 0 aliphatic heterocycles. The van der Waals surface area contributed by atoms with Gasteiger partial charge in [-0.1, -0.05) is 6.07 Å². The standard InChI is InChI=1S/C12H19N3O.ClH/c1-10-11(5-4-7-14-10)9-13-8-6-12(16)15(2)3;/h4-5,7,13H,6,8-9H2,1-3H3;1H. The first kappa shape index (κ1) is 15.9. The summed E-state index contributed by atoms with van der Waals surface area (Å²) in [5.74, 6) is 0.149. The molecule has 1 aromatic heterocycles. The largest absolute Gasteiger partial charge is 0.349 e. The van der Waals surface area contributed by atoms with Crippen LogP contribution < -0.4 is 5.32 Å². The Labute approximate surface area is 109 Å². The number of halogens is 1. The highest BCUT2D eigenvalue weighted by atomic mass is 35.5. The molecule has 0 aliphatic carbocycles. The number of aryl methyl sites for hydroxylation is 1. The Morgan fingerprint density at radius 3 is 2.76 bits per heavy atom. The predicted molar refractivity (Wildman–Crippen MR) is 71.2 cm³/mol. The van der Waals surface area contributed by atoms with Gasteiger partial charge in [0.25, 0.3) is 0 Å². The number of nitrogens with zero attached hydrogens (tertiary/aromatic N) is 2. The van der Waals surface area contributed by atoms with Gasteiger partial charge in [0.15, 0.2) is 0 Å². The number of amides is 1. The van der Waals surface area contributed by atoms with Crippen LogP contribution >= 0.6 is 12.4 Å². The zero-order valence-corrected chi connectivity index (χ0v) is 11.4. The normalized spacial score (nSPS) is 9.59. The fourth-order valence-electron chi connectivity index (χ4n) is 1.35. The van der Waals surface area contributed by atoms with Crippen molar-refractivity contribution in [1.29, 1.82) is 0 Å². The lowest BCUT2D eigenvalue weighted by Crippen LogP contribution is -2.26. The van der Waals surface area contributed by atoms with Crippen LogP contribution in [0.25, 0.3) is 0 Å². The van der Waals surface area contributed by atoms with Crippen molar-refractivity contribution in [3.05, 3.63) is 29.6 Å². The van der Waals surface area contributed by atoms with E-state index in [1.807, 2.05) is 19.1 Å². The minimum absolute atomic E-state index is 0. The predicted octanol–water partition coefficient (Wildman–Crippen LogP) is 1.38. The monoisotopic (exact) mass is 257 g/mol. The molecule has 1 amide bonds. The van der Waals surface area contributed by atoms with Gasteiger partial charge < -0.3 is 10.2 Å². The number of carbonyl (C=O) groups excluding carboxylic acids is 1. The van der Waals surface area contributed by atoms with E-state index in [2.05, 4.69) is 10.3 Å². The minimum atomic E-state index is 0. The number of hydrogen-bond acceptors (Lipinski definition) is 3. The third-order valence-electron chi connectivity index (χ3n) is 2.45. The molecule has 1 N–H and O–H groups in total. The first-order valence-electron chi connectivity index (χ1n) is 5.42. The lowest BCUT2D eigenvalue weighted by Gasteiger charge is -2.10. The molecule has 0 bridgehead atoms. The van der Waals surface area contributed by atoms with Gasteiger partial charge in [0, 0.05) is 45.5 Å². The van der Waals surface area contributed by atoms with E-state index >= 15 is 0 Å². The molecule has 0 aromatic carbocycles. The second-order valence-electron chi connectivity index (χ2n) is 3.96. The maximum Gasteiger partial charge on any atom is 0.223 e. The Bertz CT molecular complexity index is 355. The fraction of sp³-hybridized carbons (Fsp3) is 0.500. The topological polar surface area (TPSA) is 45.2 Å². The number of aromatic nitrogens is 1. The zero-order chi connectivity index (χ0) is 12.0. The number of carbonyl (C=O) groups is 1. The fourth-order valence-corrected chi connectivity index (χ4v) is 1.35. The van der Waals surface area contributed by atoms with Gasteiger partial charge in [0.05, 0.1) is 0 Å². The number of nitrogens with one attached hydrogen (secondary N) is 1. The Kier molecular flexibility index (Phi) is 7.50. The van der Waals surface area contributed by atoms with E-state index in [9.17, 15) is 4.79 Å². The van der Waals surface area contributed by atoms with Gasteiger partial charge in [-0.15, -0.1) is 12.4 Å². The Morgan fingerprint density at radius 1 is 1.47 bits per heavy atom. The van der Waals surface area contributed by atoms with E-state index in [0.29, 0.717) is 13.0 Å². The summed E-state index contributed by atoms with van der Waals surface area (Å²) in [5, 5.41) is 3.24. The molecule has 4 nitrogen and oxygen atoms in total. The summed E-state index contributed by atoms with van der Waals surface area (Å²) >= 11 is 0. The molecule has 0 radical (unpaired) electrons. The van der Waals surface area contributed by atoms with Crippen molar-refractivity contribution in [2.75, 3.05) is 20.6 Å². The maximum atomic E-state index is 11.3. The average molecular weight is 258 g/mol. The van der Waals surface area contributed by atoms with Crippen LogP contribution in [0.2, 0.25) is 0 Å². The minimum Gasteiger partial charge on any atom is -0.349 e. The summed E-state index contributed by atoms with van der Waals surface area (Å²) in [4.78, 5) is 17.1. The molecule has 0 fully saturated rings. The van der Waals surface area contributed by atoms with Gasteiger partial charge in [-0.05, 0) is 18.6 Å². The first-order valence-corrected chi connectivity index (χ1v) is 5.42. The van der Waals surface area contributed by atoms with Gasteiger partial charge in [-0.25, -0.2) is 0 Å². The Morgan fingerprint density at radius 2 is 2.18 bits per heavy atom. The van der Waals surface area contributed by atoms with Crippen molar-refractivity contribution in [1.82, 2.24) is 15.2 Å².